The Morgan fingerprint density at radius 3 is 2.52 bits per heavy atom. The lowest BCUT2D eigenvalue weighted by Gasteiger charge is -2.39. The first-order valence-electron chi connectivity index (χ1n) is 7.48. The van der Waals surface area contributed by atoms with E-state index < -0.39 is 5.54 Å². The predicted molar refractivity (Wildman–Crippen MR) is 86.7 cm³/mol. The molecule has 0 bridgehead atoms. The van der Waals surface area contributed by atoms with Crippen LogP contribution in [-0.2, 0) is 11.2 Å². The molecule has 2 rings (SSSR count). The largest absolute Gasteiger partial charge is 0.354 e. The van der Waals surface area contributed by atoms with Crippen LogP contribution in [0.2, 0.25) is 5.02 Å². The maximum absolute atomic E-state index is 12.4. The summed E-state index contributed by atoms with van der Waals surface area (Å²) in [6.07, 6.45) is 0.820. The maximum atomic E-state index is 12.4. The summed E-state index contributed by atoms with van der Waals surface area (Å²) in [5, 5.41) is 7.10. The normalized spacial score (nSPS) is 16.7. The molecule has 0 aliphatic carbocycles. The Morgan fingerprint density at radius 2 is 1.90 bits per heavy atom. The molecule has 21 heavy (non-hydrogen) atoms. The predicted octanol–water partition coefficient (Wildman–Crippen LogP) is 1.68. The average Bonchev–Trinajstić information content (AvgIpc) is 2.50. The topological polar surface area (TPSA) is 44.4 Å². The van der Waals surface area contributed by atoms with Crippen LogP contribution in [-0.4, -0.2) is 49.1 Å². The van der Waals surface area contributed by atoms with Gasteiger partial charge in [-0.25, -0.2) is 0 Å². The molecular weight excluding hydrogens is 286 g/mol. The van der Waals surface area contributed by atoms with Crippen LogP contribution in [0.3, 0.4) is 0 Å². The summed E-state index contributed by atoms with van der Waals surface area (Å²) in [6.45, 7) is 8.36. The first kappa shape index (κ1) is 16.3. The number of benzene rings is 1. The smallest absolute Gasteiger partial charge is 0.239 e. The average molecular weight is 310 g/mol. The van der Waals surface area contributed by atoms with Crippen LogP contribution in [0.4, 0.5) is 0 Å². The number of carbonyl (C=O) groups is 1. The summed E-state index contributed by atoms with van der Waals surface area (Å²) in [7, 11) is 0. The van der Waals surface area contributed by atoms with Gasteiger partial charge in [-0.15, -0.1) is 0 Å². The Balaban J connectivity index is 1.81. The van der Waals surface area contributed by atoms with Gasteiger partial charge in [-0.3, -0.25) is 9.69 Å². The standard InChI is InChI=1S/C16H24ClN3O/c1-16(2,20-11-9-18-10-12-20)15(21)19-8-7-13-3-5-14(17)6-4-13/h3-6,18H,7-12H2,1-2H3,(H,19,21). The fourth-order valence-corrected chi connectivity index (χ4v) is 2.68. The molecule has 5 heteroatoms. The van der Waals surface area contributed by atoms with Crippen molar-refractivity contribution < 1.29 is 4.79 Å². The summed E-state index contributed by atoms with van der Waals surface area (Å²) >= 11 is 5.86. The highest BCUT2D eigenvalue weighted by Gasteiger charge is 2.34. The van der Waals surface area contributed by atoms with Gasteiger partial charge in [0.25, 0.3) is 0 Å². The molecule has 0 atom stereocenters. The van der Waals surface area contributed by atoms with Crippen LogP contribution >= 0.6 is 11.6 Å². The molecule has 2 N–H and O–H groups in total. The van der Waals surface area contributed by atoms with Crippen LogP contribution in [0.1, 0.15) is 19.4 Å². The third-order valence-corrected chi connectivity index (χ3v) is 4.33. The van der Waals surface area contributed by atoms with E-state index in [0.29, 0.717) is 6.54 Å². The highest BCUT2D eigenvalue weighted by atomic mass is 35.5. The third-order valence-electron chi connectivity index (χ3n) is 4.08. The summed E-state index contributed by atoms with van der Waals surface area (Å²) in [5.41, 5.74) is 0.724. The van der Waals surface area contributed by atoms with Crippen molar-refractivity contribution in [1.29, 1.82) is 0 Å². The van der Waals surface area contributed by atoms with Crippen molar-refractivity contribution in [3.05, 3.63) is 34.9 Å². The van der Waals surface area contributed by atoms with Crippen molar-refractivity contribution in [2.24, 2.45) is 0 Å². The minimum atomic E-state index is -0.456. The maximum Gasteiger partial charge on any atom is 0.239 e. The molecule has 0 unspecified atom stereocenters. The van der Waals surface area contributed by atoms with Gasteiger partial charge in [-0.05, 0) is 38.0 Å². The van der Waals surface area contributed by atoms with E-state index in [-0.39, 0.29) is 5.91 Å². The first-order valence-corrected chi connectivity index (χ1v) is 7.86. The summed E-state index contributed by atoms with van der Waals surface area (Å²) in [4.78, 5) is 14.7. The number of nitrogens with one attached hydrogen (secondary N) is 2. The lowest BCUT2D eigenvalue weighted by atomic mass is 10.0. The van der Waals surface area contributed by atoms with Crippen LogP contribution in [0.25, 0.3) is 0 Å². The van der Waals surface area contributed by atoms with Gasteiger partial charge in [0.2, 0.25) is 5.91 Å². The number of amides is 1. The molecule has 1 amide bonds. The molecule has 1 fully saturated rings. The Kier molecular flexibility index (Phi) is 5.62. The van der Waals surface area contributed by atoms with Crippen LogP contribution in [0.15, 0.2) is 24.3 Å². The van der Waals surface area contributed by atoms with E-state index in [0.717, 1.165) is 37.6 Å². The summed E-state index contributed by atoms with van der Waals surface area (Å²) in [6, 6.07) is 7.75. The van der Waals surface area contributed by atoms with Crippen molar-refractivity contribution in [3.8, 4) is 0 Å². The minimum absolute atomic E-state index is 0.0957. The number of halogens is 1. The van der Waals surface area contributed by atoms with Gasteiger partial charge < -0.3 is 10.6 Å². The van der Waals surface area contributed by atoms with Gasteiger partial charge in [0.05, 0.1) is 5.54 Å². The number of nitrogens with zero attached hydrogens (tertiary/aromatic N) is 1. The van der Waals surface area contributed by atoms with Crippen LogP contribution < -0.4 is 10.6 Å². The van der Waals surface area contributed by atoms with Gasteiger partial charge in [0, 0.05) is 37.7 Å². The van der Waals surface area contributed by atoms with Gasteiger partial charge >= 0.3 is 0 Å². The molecular formula is C16H24ClN3O. The van der Waals surface area contributed by atoms with E-state index in [4.69, 9.17) is 11.6 Å². The van der Waals surface area contributed by atoms with Crippen molar-refractivity contribution in [1.82, 2.24) is 15.5 Å². The van der Waals surface area contributed by atoms with Crippen molar-refractivity contribution >= 4 is 17.5 Å². The summed E-state index contributed by atoms with van der Waals surface area (Å²) in [5.74, 6) is 0.0957. The van der Waals surface area contributed by atoms with Gasteiger partial charge in [0.15, 0.2) is 0 Å². The highest BCUT2D eigenvalue weighted by molar-refractivity contribution is 6.30. The fourth-order valence-electron chi connectivity index (χ4n) is 2.56. The Morgan fingerprint density at radius 1 is 1.29 bits per heavy atom. The quantitative estimate of drug-likeness (QED) is 0.870. The van der Waals surface area contributed by atoms with Gasteiger partial charge in [-0.2, -0.15) is 0 Å². The number of rotatable bonds is 5. The van der Waals surface area contributed by atoms with Crippen LogP contribution in [0, 0.1) is 0 Å². The zero-order valence-electron chi connectivity index (χ0n) is 12.8. The number of piperazine rings is 1. The zero-order valence-corrected chi connectivity index (χ0v) is 13.5. The monoisotopic (exact) mass is 309 g/mol. The van der Waals surface area contributed by atoms with Crippen molar-refractivity contribution in [2.75, 3.05) is 32.7 Å². The Labute approximate surface area is 131 Å². The SMILES string of the molecule is CC(C)(C(=O)NCCc1ccc(Cl)cc1)N1CCNCC1. The van der Waals surface area contributed by atoms with Crippen molar-refractivity contribution in [3.63, 3.8) is 0 Å². The lowest BCUT2D eigenvalue weighted by Crippen LogP contribution is -2.60. The molecule has 0 radical (unpaired) electrons. The molecule has 0 saturated carbocycles. The second kappa shape index (κ2) is 7.25. The fraction of sp³-hybridized carbons (Fsp3) is 0.562. The first-order chi connectivity index (χ1) is 10.00. The molecule has 116 valence electrons. The number of carbonyl (C=O) groups excluding carboxylic acids is 1. The number of hydrogen-bond donors (Lipinski definition) is 2. The second-order valence-corrected chi connectivity index (χ2v) is 6.36. The summed E-state index contributed by atoms with van der Waals surface area (Å²) < 4.78 is 0. The molecule has 1 aliphatic heterocycles. The number of hydrogen-bond acceptors (Lipinski definition) is 3. The molecule has 4 nitrogen and oxygen atoms in total. The van der Waals surface area contributed by atoms with E-state index in [9.17, 15) is 4.79 Å². The van der Waals surface area contributed by atoms with Crippen LogP contribution in [0.5, 0.6) is 0 Å². The molecule has 0 spiro atoms. The molecule has 1 aliphatic rings. The molecule has 1 saturated heterocycles. The second-order valence-electron chi connectivity index (χ2n) is 5.93. The van der Waals surface area contributed by atoms with Gasteiger partial charge in [0.1, 0.15) is 0 Å². The van der Waals surface area contributed by atoms with E-state index in [1.807, 2.05) is 38.1 Å². The van der Waals surface area contributed by atoms with Crippen molar-refractivity contribution in [2.45, 2.75) is 25.8 Å². The highest BCUT2D eigenvalue weighted by Crippen LogP contribution is 2.15. The molecule has 1 aromatic carbocycles. The Bertz CT molecular complexity index is 467. The van der Waals surface area contributed by atoms with E-state index in [1.165, 1.54) is 5.56 Å². The minimum Gasteiger partial charge on any atom is -0.354 e. The molecule has 1 aromatic rings. The lowest BCUT2D eigenvalue weighted by molar-refractivity contribution is -0.132. The van der Waals surface area contributed by atoms with Gasteiger partial charge in [-0.1, -0.05) is 23.7 Å². The molecule has 1 heterocycles. The Hall–Kier alpha value is -1.10. The molecule has 0 aromatic heterocycles. The third kappa shape index (κ3) is 4.43. The zero-order chi connectivity index (χ0) is 15.3. The van der Waals surface area contributed by atoms with E-state index in [2.05, 4.69) is 15.5 Å². The van der Waals surface area contributed by atoms with E-state index >= 15 is 0 Å². The van der Waals surface area contributed by atoms with E-state index in [1.54, 1.807) is 0 Å².